The first kappa shape index (κ1) is 16.3. The highest BCUT2D eigenvalue weighted by Crippen LogP contribution is 2.20. The molecule has 0 fully saturated rings. The molecule has 0 amide bonds. The first-order valence-corrected chi connectivity index (χ1v) is 8.62. The summed E-state index contributed by atoms with van der Waals surface area (Å²) in [6.07, 6.45) is 1.73. The Bertz CT molecular complexity index is 1170. The fourth-order valence-corrected chi connectivity index (χ4v) is 3.26. The summed E-state index contributed by atoms with van der Waals surface area (Å²) in [5.41, 5.74) is 5.45. The average molecular weight is 344 g/mol. The molecule has 0 saturated heterocycles. The summed E-state index contributed by atoms with van der Waals surface area (Å²) in [4.78, 5) is 13.2. The Morgan fingerprint density at radius 1 is 0.923 bits per heavy atom. The maximum absolute atomic E-state index is 13.2. The average Bonchev–Trinajstić information content (AvgIpc) is 3.07. The van der Waals surface area contributed by atoms with E-state index in [4.69, 9.17) is 0 Å². The predicted molar refractivity (Wildman–Crippen MR) is 103 cm³/mol. The van der Waals surface area contributed by atoms with Crippen LogP contribution in [0.2, 0.25) is 0 Å². The minimum absolute atomic E-state index is 0.130. The molecule has 0 radical (unpaired) electrons. The predicted octanol–water partition coefficient (Wildman–Crippen LogP) is 3.56. The van der Waals surface area contributed by atoms with Crippen molar-refractivity contribution in [1.82, 2.24) is 19.6 Å². The van der Waals surface area contributed by atoms with Crippen molar-refractivity contribution in [2.24, 2.45) is 0 Å². The summed E-state index contributed by atoms with van der Waals surface area (Å²) < 4.78 is 3.27. The van der Waals surface area contributed by atoms with Crippen LogP contribution in [0.25, 0.3) is 16.6 Å². The monoisotopic (exact) mass is 344 g/mol. The van der Waals surface area contributed by atoms with Gasteiger partial charge in [0.1, 0.15) is 5.52 Å². The zero-order chi connectivity index (χ0) is 18.3. The molecule has 0 atom stereocenters. The molecule has 4 aromatic rings. The molecule has 0 aliphatic heterocycles. The maximum atomic E-state index is 13.2. The number of hydrogen-bond acceptors (Lipinski definition) is 3. The Morgan fingerprint density at radius 3 is 2.35 bits per heavy atom. The van der Waals surface area contributed by atoms with Crippen LogP contribution >= 0.6 is 0 Å². The highest BCUT2D eigenvalue weighted by atomic mass is 16.1. The second-order valence-corrected chi connectivity index (χ2v) is 6.58. The molecule has 0 N–H and O–H groups in total. The topological polar surface area (TPSA) is 52.7 Å². The van der Waals surface area contributed by atoms with Crippen LogP contribution in [0.5, 0.6) is 0 Å². The van der Waals surface area contributed by atoms with Gasteiger partial charge < -0.3 is 0 Å². The van der Waals surface area contributed by atoms with E-state index in [1.165, 1.54) is 4.68 Å². The Morgan fingerprint density at radius 2 is 1.62 bits per heavy atom. The smallest absolute Gasteiger partial charge is 0.265 e. The van der Waals surface area contributed by atoms with Crippen LogP contribution < -0.4 is 5.56 Å². The summed E-state index contributed by atoms with van der Waals surface area (Å²) in [5, 5.41) is 9.79. The van der Waals surface area contributed by atoms with E-state index in [1.807, 2.05) is 69.3 Å². The molecule has 2 aromatic heterocycles. The first-order chi connectivity index (χ1) is 12.6. The molecule has 4 rings (SSSR count). The van der Waals surface area contributed by atoms with Gasteiger partial charge in [-0.2, -0.15) is 10.2 Å². The summed E-state index contributed by atoms with van der Waals surface area (Å²) in [6.45, 7) is 6.42. The van der Waals surface area contributed by atoms with Gasteiger partial charge in [-0.1, -0.05) is 42.5 Å². The number of hydrogen-bond donors (Lipinski definition) is 0. The van der Waals surface area contributed by atoms with E-state index in [1.54, 1.807) is 10.9 Å². The lowest BCUT2D eigenvalue weighted by Gasteiger charge is -2.11. The van der Waals surface area contributed by atoms with Crippen molar-refractivity contribution in [3.8, 4) is 5.69 Å². The molecule has 0 aliphatic carbocycles. The minimum Gasteiger partial charge on any atom is -0.265 e. The molecular formula is C21H20N4O. The maximum Gasteiger partial charge on any atom is 0.293 e. The summed E-state index contributed by atoms with van der Waals surface area (Å²) >= 11 is 0. The number of para-hydroxylation sites is 1. The van der Waals surface area contributed by atoms with Crippen molar-refractivity contribution in [2.75, 3.05) is 0 Å². The lowest BCUT2D eigenvalue weighted by atomic mass is 10.1. The molecule has 5 heteroatoms. The molecule has 2 heterocycles. The van der Waals surface area contributed by atoms with Gasteiger partial charge in [-0.15, -0.1) is 0 Å². The highest BCUT2D eigenvalue weighted by molar-refractivity contribution is 5.81. The van der Waals surface area contributed by atoms with Crippen LogP contribution in [0.1, 0.15) is 22.4 Å². The molecule has 26 heavy (non-hydrogen) atoms. The Kier molecular flexibility index (Phi) is 3.92. The number of aromatic nitrogens is 4. The van der Waals surface area contributed by atoms with E-state index in [0.717, 1.165) is 33.5 Å². The number of aryl methyl sites for hydroxylation is 3. The zero-order valence-electron chi connectivity index (χ0n) is 15.1. The van der Waals surface area contributed by atoms with E-state index in [2.05, 4.69) is 10.2 Å². The lowest BCUT2D eigenvalue weighted by Crippen LogP contribution is -2.26. The molecule has 0 aliphatic rings. The van der Waals surface area contributed by atoms with Gasteiger partial charge in [-0.25, -0.2) is 9.36 Å². The van der Waals surface area contributed by atoms with Gasteiger partial charge in [0.15, 0.2) is 0 Å². The van der Waals surface area contributed by atoms with Crippen LogP contribution in [-0.4, -0.2) is 19.6 Å². The standard InChI is InChI=1S/C21H20N4O/c1-14-8-4-6-10-17(14)13-24-21(26)20-18(16(3)23-24)12-22-25(20)19-11-7-5-9-15(19)2/h4-12H,13H2,1-3H3. The summed E-state index contributed by atoms with van der Waals surface area (Å²) in [7, 11) is 0. The quantitative estimate of drug-likeness (QED) is 0.571. The summed E-state index contributed by atoms with van der Waals surface area (Å²) in [5.74, 6) is 0. The molecule has 5 nitrogen and oxygen atoms in total. The Balaban J connectivity index is 1.94. The largest absolute Gasteiger partial charge is 0.293 e. The fraction of sp³-hybridized carbons (Fsp3) is 0.190. The van der Waals surface area contributed by atoms with Crippen molar-refractivity contribution < 1.29 is 0 Å². The van der Waals surface area contributed by atoms with Crippen LogP contribution in [0.15, 0.2) is 59.5 Å². The summed E-state index contributed by atoms with van der Waals surface area (Å²) in [6, 6.07) is 16.0. The van der Waals surface area contributed by atoms with Crippen LogP contribution in [0.4, 0.5) is 0 Å². The van der Waals surface area contributed by atoms with Gasteiger partial charge in [0.05, 0.1) is 24.1 Å². The Labute approximate surface area is 151 Å². The molecule has 0 bridgehead atoms. The Hall–Kier alpha value is -3.21. The number of benzene rings is 2. The van der Waals surface area contributed by atoms with E-state index >= 15 is 0 Å². The van der Waals surface area contributed by atoms with Crippen LogP contribution in [-0.2, 0) is 6.54 Å². The lowest BCUT2D eigenvalue weighted by molar-refractivity contribution is 0.632. The molecule has 2 aromatic carbocycles. The van der Waals surface area contributed by atoms with Gasteiger partial charge in [0, 0.05) is 5.39 Å². The van der Waals surface area contributed by atoms with Crippen molar-refractivity contribution >= 4 is 10.9 Å². The third kappa shape index (κ3) is 2.62. The van der Waals surface area contributed by atoms with Crippen molar-refractivity contribution in [2.45, 2.75) is 27.3 Å². The third-order valence-electron chi connectivity index (χ3n) is 4.79. The molecular weight excluding hydrogens is 324 g/mol. The minimum atomic E-state index is -0.130. The van der Waals surface area contributed by atoms with Gasteiger partial charge in [-0.3, -0.25) is 4.79 Å². The van der Waals surface area contributed by atoms with E-state index < -0.39 is 0 Å². The second kappa shape index (κ2) is 6.26. The van der Waals surface area contributed by atoms with Crippen molar-refractivity contribution in [1.29, 1.82) is 0 Å². The van der Waals surface area contributed by atoms with Crippen molar-refractivity contribution in [3.05, 3.63) is 87.5 Å². The molecule has 130 valence electrons. The van der Waals surface area contributed by atoms with E-state index in [0.29, 0.717) is 12.1 Å². The van der Waals surface area contributed by atoms with Gasteiger partial charge in [0.25, 0.3) is 5.56 Å². The van der Waals surface area contributed by atoms with Crippen molar-refractivity contribution in [3.63, 3.8) is 0 Å². The van der Waals surface area contributed by atoms with Gasteiger partial charge in [0.2, 0.25) is 0 Å². The molecule has 0 unspecified atom stereocenters. The highest BCUT2D eigenvalue weighted by Gasteiger charge is 2.16. The number of fused-ring (bicyclic) bond motifs is 1. The van der Waals surface area contributed by atoms with Gasteiger partial charge >= 0.3 is 0 Å². The fourth-order valence-electron chi connectivity index (χ4n) is 3.26. The molecule has 0 saturated carbocycles. The first-order valence-electron chi connectivity index (χ1n) is 8.62. The normalized spacial score (nSPS) is 11.2. The second-order valence-electron chi connectivity index (χ2n) is 6.58. The van der Waals surface area contributed by atoms with Gasteiger partial charge in [-0.05, 0) is 43.5 Å². The third-order valence-corrected chi connectivity index (χ3v) is 4.79. The van der Waals surface area contributed by atoms with E-state index in [-0.39, 0.29) is 5.56 Å². The number of rotatable bonds is 3. The van der Waals surface area contributed by atoms with Crippen LogP contribution in [0.3, 0.4) is 0 Å². The van der Waals surface area contributed by atoms with Crippen LogP contribution in [0, 0.1) is 20.8 Å². The zero-order valence-corrected chi connectivity index (χ0v) is 15.1. The molecule has 0 spiro atoms. The number of nitrogens with zero attached hydrogens (tertiary/aromatic N) is 4. The van der Waals surface area contributed by atoms with E-state index in [9.17, 15) is 4.79 Å². The SMILES string of the molecule is Cc1ccccc1Cn1nc(C)c2cnn(-c3ccccc3C)c2c1=O.